The summed E-state index contributed by atoms with van der Waals surface area (Å²) in [6, 6.07) is 4.88. The number of carboxylic acids is 1. The first kappa shape index (κ1) is 15.8. The van der Waals surface area contributed by atoms with Crippen LogP contribution in [0.5, 0.6) is 0 Å². The molecular formula is C14H21ClN2O2. The van der Waals surface area contributed by atoms with Crippen molar-refractivity contribution >= 4 is 23.3 Å². The van der Waals surface area contributed by atoms with E-state index < -0.39 is 5.97 Å². The minimum atomic E-state index is -0.964. The topological polar surface area (TPSA) is 52.6 Å². The minimum Gasteiger partial charge on any atom is -0.478 e. The van der Waals surface area contributed by atoms with Gasteiger partial charge in [0.15, 0.2) is 0 Å². The van der Waals surface area contributed by atoms with Crippen molar-refractivity contribution in [3.8, 4) is 0 Å². The molecular weight excluding hydrogens is 264 g/mol. The third-order valence-electron chi connectivity index (χ3n) is 3.07. The van der Waals surface area contributed by atoms with Crippen LogP contribution in [0.4, 0.5) is 5.69 Å². The Hall–Kier alpha value is -1.26. The fraction of sp³-hybridized carbons (Fsp3) is 0.500. The Bertz CT molecular complexity index is 420. The number of aromatic carboxylic acids is 1. The molecule has 0 aliphatic carbocycles. The summed E-state index contributed by atoms with van der Waals surface area (Å²) in [6.07, 6.45) is 0.976. The predicted molar refractivity (Wildman–Crippen MR) is 79.3 cm³/mol. The van der Waals surface area contributed by atoms with E-state index in [9.17, 15) is 4.79 Å². The van der Waals surface area contributed by atoms with Crippen molar-refractivity contribution in [3.05, 3.63) is 28.8 Å². The van der Waals surface area contributed by atoms with E-state index in [-0.39, 0.29) is 5.56 Å². The average molecular weight is 285 g/mol. The molecule has 0 aliphatic heterocycles. The quantitative estimate of drug-likeness (QED) is 0.720. The number of hydrogen-bond donors (Lipinski definition) is 2. The van der Waals surface area contributed by atoms with Crippen molar-refractivity contribution in [2.75, 3.05) is 31.5 Å². The number of nitrogens with one attached hydrogen (secondary N) is 1. The molecule has 0 unspecified atom stereocenters. The second-order valence-corrected chi connectivity index (χ2v) is 4.74. The molecule has 2 N–H and O–H groups in total. The van der Waals surface area contributed by atoms with E-state index in [1.54, 1.807) is 12.1 Å². The molecule has 1 rings (SSSR count). The molecule has 1 aromatic carbocycles. The molecule has 0 spiro atoms. The summed E-state index contributed by atoms with van der Waals surface area (Å²) in [5.74, 6) is -0.964. The monoisotopic (exact) mass is 284 g/mol. The van der Waals surface area contributed by atoms with Crippen LogP contribution in [0.15, 0.2) is 18.2 Å². The molecule has 0 aromatic heterocycles. The predicted octanol–water partition coefficient (Wildman–Crippen LogP) is 3.18. The zero-order valence-electron chi connectivity index (χ0n) is 11.4. The number of rotatable bonds is 8. The summed E-state index contributed by atoms with van der Waals surface area (Å²) in [5.41, 5.74) is 0.840. The third-order valence-corrected chi connectivity index (χ3v) is 3.31. The van der Waals surface area contributed by atoms with Crippen LogP contribution in [0.25, 0.3) is 0 Å². The Morgan fingerprint density at radius 1 is 1.37 bits per heavy atom. The fourth-order valence-electron chi connectivity index (χ4n) is 1.91. The van der Waals surface area contributed by atoms with Crippen molar-refractivity contribution in [2.45, 2.75) is 20.3 Å². The lowest BCUT2D eigenvalue weighted by Gasteiger charge is -2.18. The van der Waals surface area contributed by atoms with Gasteiger partial charge in [0.1, 0.15) is 0 Å². The molecule has 4 nitrogen and oxygen atoms in total. The van der Waals surface area contributed by atoms with Crippen molar-refractivity contribution < 1.29 is 9.90 Å². The van der Waals surface area contributed by atoms with E-state index in [1.807, 2.05) is 0 Å². The van der Waals surface area contributed by atoms with Crippen molar-refractivity contribution in [3.63, 3.8) is 0 Å². The lowest BCUT2D eigenvalue weighted by Crippen LogP contribution is -2.25. The number of halogens is 1. The smallest absolute Gasteiger partial charge is 0.337 e. The Morgan fingerprint density at radius 3 is 2.63 bits per heavy atom. The van der Waals surface area contributed by atoms with Crippen molar-refractivity contribution in [1.29, 1.82) is 0 Å². The Balaban J connectivity index is 2.51. The second-order valence-electron chi connectivity index (χ2n) is 4.30. The van der Waals surface area contributed by atoms with Gasteiger partial charge in [-0.3, -0.25) is 0 Å². The van der Waals surface area contributed by atoms with E-state index in [0.29, 0.717) is 10.7 Å². The number of carboxylic acid groups (broad SMARTS) is 1. The first-order valence-electron chi connectivity index (χ1n) is 6.57. The second kappa shape index (κ2) is 8.02. The molecule has 0 saturated carbocycles. The largest absolute Gasteiger partial charge is 0.478 e. The Morgan fingerprint density at radius 2 is 2.05 bits per heavy atom. The van der Waals surface area contributed by atoms with Gasteiger partial charge in [0.25, 0.3) is 0 Å². The van der Waals surface area contributed by atoms with Crippen LogP contribution < -0.4 is 5.32 Å². The standard InChI is InChI=1S/C14H21ClN2O2/c1-3-17(4-2)9-5-8-16-13-7-6-11(15)10-12(13)14(18)19/h6-7,10,16H,3-5,8-9H2,1-2H3,(H,18,19). The minimum absolute atomic E-state index is 0.218. The van der Waals surface area contributed by atoms with Crippen LogP contribution in [0, 0.1) is 0 Å². The maximum absolute atomic E-state index is 11.1. The molecule has 5 heteroatoms. The maximum Gasteiger partial charge on any atom is 0.337 e. The summed E-state index contributed by atoms with van der Waals surface area (Å²) in [7, 11) is 0. The lowest BCUT2D eigenvalue weighted by atomic mass is 10.1. The van der Waals surface area contributed by atoms with Gasteiger partial charge in [-0.1, -0.05) is 25.4 Å². The molecule has 0 aliphatic rings. The normalized spacial score (nSPS) is 10.7. The first-order valence-corrected chi connectivity index (χ1v) is 6.95. The Labute approximate surface area is 119 Å². The molecule has 0 heterocycles. The summed E-state index contributed by atoms with van der Waals surface area (Å²) in [4.78, 5) is 13.4. The van der Waals surface area contributed by atoms with Gasteiger partial charge in [0.05, 0.1) is 5.56 Å². The summed E-state index contributed by atoms with van der Waals surface area (Å²) in [5, 5.41) is 12.7. The van der Waals surface area contributed by atoms with Crippen LogP contribution in [-0.2, 0) is 0 Å². The summed E-state index contributed by atoms with van der Waals surface area (Å²) < 4.78 is 0. The molecule has 0 bridgehead atoms. The van der Waals surface area contributed by atoms with Crippen LogP contribution in [0.2, 0.25) is 5.02 Å². The first-order chi connectivity index (χ1) is 9.08. The molecule has 0 fully saturated rings. The zero-order valence-corrected chi connectivity index (χ0v) is 12.2. The highest BCUT2D eigenvalue weighted by Crippen LogP contribution is 2.20. The number of hydrogen-bond acceptors (Lipinski definition) is 3. The number of nitrogens with zero attached hydrogens (tertiary/aromatic N) is 1. The Kier molecular flexibility index (Phi) is 6.67. The van der Waals surface area contributed by atoms with E-state index >= 15 is 0 Å². The third kappa shape index (κ3) is 5.09. The SMILES string of the molecule is CCN(CC)CCCNc1ccc(Cl)cc1C(=O)O. The van der Waals surface area contributed by atoms with Crippen LogP contribution >= 0.6 is 11.6 Å². The van der Waals surface area contributed by atoms with Gasteiger partial charge < -0.3 is 15.3 Å². The summed E-state index contributed by atoms with van der Waals surface area (Å²) >= 11 is 5.80. The van der Waals surface area contributed by atoms with Crippen molar-refractivity contribution in [2.24, 2.45) is 0 Å². The van der Waals surface area contributed by atoms with Gasteiger partial charge in [0.2, 0.25) is 0 Å². The molecule has 0 radical (unpaired) electrons. The number of carbonyl (C=O) groups is 1. The van der Waals surface area contributed by atoms with Gasteiger partial charge in [0, 0.05) is 17.3 Å². The molecule has 106 valence electrons. The van der Waals surface area contributed by atoms with Gasteiger partial charge >= 0.3 is 5.97 Å². The highest BCUT2D eigenvalue weighted by molar-refractivity contribution is 6.31. The van der Waals surface area contributed by atoms with Gasteiger partial charge in [-0.2, -0.15) is 0 Å². The van der Waals surface area contributed by atoms with E-state index in [2.05, 4.69) is 24.1 Å². The van der Waals surface area contributed by atoms with Gasteiger partial charge in [-0.05, 0) is 44.3 Å². The van der Waals surface area contributed by atoms with Crippen LogP contribution in [-0.4, -0.2) is 42.2 Å². The van der Waals surface area contributed by atoms with E-state index in [4.69, 9.17) is 16.7 Å². The molecule has 1 aromatic rings. The van der Waals surface area contributed by atoms with Crippen LogP contribution in [0.3, 0.4) is 0 Å². The lowest BCUT2D eigenvalue weighted by molar-refractivity contribution is 0.0698. The van der Waals surface area contributed by atoms with Gasteiger partial charge in [-0.25, -0.2) is 4.79 Å². The van der Waals surface area contributed by atoms with E-state index in [1.165, 1.54) is 6.07 Å². The van der Waals surface area contributed by atoms with Gasteiger partial charge in [-0.15, -0.1) is 0 Å². The number of anilines is 1. The fourth-order valence-corrected chi connectivity index (χ4v) is 2.09. The average Bonchev–Trinajstić information content (AvgIpc) is 2.40. The molecule has 0 saturated heterocycles. The van der Waals surface area contributed by atoms with Crippen LogP contribution in [0.1, 0.15) is 30.6 Å². The van der Waals surface area contributed by atoms with Crippen molar-refractivity contribution in [1.82, 2.24) is 4.90 Å². The molecule has 0 amide bonds. The zero-order chi connectivity index (χ0) is 14.3. The molecule has 0 atom stereocenters. The number of benzene rings is 1. The molecule has 19 heavy (non-hydrogen) atoms. The maximum atomic E-state index is 11.1. The highest BCUT2D eigenvalue weighted by atomic mass is 35.5. The summed E-state index contributed by atoms with van der Waals surface area (Å²) in [6.45, 7) is 8.11. The van der Waals surface area contributed by atoms with E-state index in [0.717, 1.165) is 32.6 Å². The highest BCUT2D eigenvalue weighted by Gasteiger charge is 2.10.